The molecule has 0 aliphatic rings. The number of aromatic hydroxyl groups is 1. The Labute approximate surface area is 150 Å². The van der Waals surface area contributed by atoms with Gasteiger partial charge in [-0.3, -0.25) is 9.78 Å². The first-order valence-electron chi connectivity index (χ1n) is 8.14. The maximum atomic E-state index is 13.6. The summed E-state index contributed by atoms with van der Waals surface area (Å²) in [7, 11) is 0. The van der Waals surface area contributed by atoms with Crippen molar-refractivity contribution in [3.05, 3.63) is 82.9 Å². The molecule has 26 heavy (non-hydrogen) atoms. The van der Waals surface area contributed by atoms with Crippen LogP contribution in [0.3, 0.4) is 0 Å². The molecule has 1 heterocycles. The van der Waals surface area contributed by atoms with E-state index in [9.17, 15) is 14.3 Å². The van der Waals surface area contributed by atoms with Crippen molar-refractivity contribution >= 4 is 5.78 Å². The second-order valence-electron chi connectivity index (χ2n) is 6.12. The Morgan fingerprint density at radius 1 is 1.08 bits per heavy atom. The Kier molecular flexibility index (Phi) is 4.98. The van der Waals surface area contributed by atoms with E-state index in [1.165, 1.54) is 12.1 Å². The van der Waals surface area contributed by atoms with Crippen LogP contribution in [0.5, 0.6) is 17.2 Å². The Morgan fingerprint density at radius 2 is 1.77 bits per heavy atom. The van der Waals surface area contributed by atoms with Gasteiger partial charge in [0.25, 0.3) is 0 Å². The van der Waals surface area contributed by atoms with Crippen molar-refractivity contribution < 1.29 is 19.0 Å². The lowest BCUT2D eigenvalue weighted by molar-refractivity contribution is 0.0989. The third-order valence-electron chi connectivity index (χ3n) is 3.92. The summed E-state index contributed by atoms with van der Waals surface area (Å²) in [5, 5.41) is 9.78. The number of aromatic nitrogens is 1. The fraction of sp³-hybridized carbons (Fsp3) is 0.143. The van der Waals surface area contributed by atoms with Crippen molar-refractivity contribution in [1.29, 1.82) is 0 Å². The average molecular weight is 351 g/mol. The van der Waals surface area contributed by atoms with Gasteiger partial charge in [-0.25, -0.2) is 4.39 Å². The van der Waals surface area contributed by atoms with Gasteiger partial charge in [0.15, 0.2) is 17.3 Å². The van der Waals surface area contributed by atoms with E-state index in [0.717, 1.165) is 11.3 Å². The van der Waals surface area contributed by atoms with Crippen LogP contribution < -0.4 is 4.74 Å². The van der Waals surface area contributed by atoms with Crippen molar-refractivity contribution in [3.63, 3.8) is 0 Å². The Hall–Kier alpha value is -3.21. The van der Waals surface area contributed by atoms with Crippen LogP contribution >= 0.6 is 0 Å². The highest BCUT2D eigenvalue weighted by molar-refractivity contribution is 6.00. The van der Waals surface area contributed by atoms with Crippen LogP contribution in [0, 0.1) is 19.7 Å². The fourth-order valence-electron chi connectivity index (χ4n) is 2.55. The zero-order valence-electron chi connectivity index (χ0n) is 14.5. The molecule has 0 saturated carbocycles. The van der Waals surface area contributed by atoms with E-state index in [4.69, 9.17) is 4.74 Å². The number of ether oxygens (including phenoxy) is 1. The van der Waals surface area contributed by atoms with Crippen LogP contribution in [0.25, 0.3) is 0 Å². The summed E-state index contributed by atoms with van der Waals surface area (Å²) in [4.78, 5) is 16.5. The molecule has 4 nitrogen and oxygen atoms in total. The van der Waals surface area contributed by atoms with Crippen molar-refractivity contribution in [2.24, 2.45) is 0 Å². The molecular formula is C21H18FNO3. The number of hydrogen-bond donors (Lipinski definition) is 1. The number of rotatable bonds is 5. The van der Waals surface area contributed by atoms with E-state index < -0.39 is 11.6 Å². The molecule has 0 saturated heterocycles. The number of ketones is 1. The molecule has 0 unspecified atom stereocenters. The lowest BCUT2D eigenvalue weighted by Crippen LogP contribution is -2.05. The van der Waals surface area contributed by atoms with Crippen LogP contribution in [0.2, 0.25) is 0 Å². The summed E-state index contributed by atoms with van der Waals surface area (Å²) in [6.45, 7) is 3.57. The first-order valence-corrected chi connectivity index (χ1v) is 8.14. The molecule has 0 aliphatic carbocycles. The predicted molar refractivity (Wildman–Crippen MR) is 96.3 cm³/mol. The fourth-order valence-corrected chi connectivity index (χ4v) is 2.55. The first kappa shape index (κ1) is 17.6. The summed E-state index contributed by atoms with van der Waals surface area (Å²) in [6, 6.07) is 13.4. The van der Waals surface area contributed by atoms with Crippen molar-refractivity contribution in [2.75, 3.05) is 0 Å². The first-order chi connectivity index (χ1) is 12.4. The van der Waals surface area contributed by atoms with E-state index in [-0.39, 0.29) is 17.8 Å². The van der Waals surface area contributed by atoms with Gasteiger partial charge in [0, 0.05) is 12.1 Å². The van der Waals surface area contributed by atoms with Gasteiger partial charge >= 0.3 is 0 Å². The van der Waals surface area contributed by atoms with Crippen LogP contribution in [-0.2, 0) is 6.42 Å². The standard InChI is InChI=1S/C21H18FNO3/c1-13-9-18(21(25)19(22)10-13)20(24)11-15-4-7-16(8-5-15)26-17-6-3-14(2)23-12-17/h3-10,12,25H,11H2,1-2H3. The minimum atomic E-state index is -0.788. The minimum Gasteiger partial charge on any atom is -0.504 e. The van der Waals surface area contributed by atoms with Crippen LogP contribution in [0.1, 0.15) is 27.2 Å². The van der Waals surface area contributed by atoms with Crippen LogP contribution in [0.15, 0.2) is 54.7 Å². The molecule has 3 aromatic rings. The molecule has 2 aromatic carbocycles. The second kappa shape index (κ2) is 7.35. The topological polar surface area (TPSA) is 59.4 Å². The number of aryl methyl sites for hydroxylation is 2. The number of carbonyl (C=O) groups is 1. The molecule has 1 N–H and O–H groups in total. The van der Waals surface area contributed by atoms with E-state index in [0.29, 0.717) is 17.1 Å². The highest BCUT2D eigenvalue weighted by Crippen LogP contribution is 2.25. The maximum absolute atomic E-state index is 13.6. The number of nitrogens with zero attached hydrogens (tertiary/aromatic N) is 1. The molecule has 0 fully saturated rings. The molecule has 0 bridgehead atoms. The highest BCUT2D eigenvalue weighted by Gasteiger charge is 2.16. The number of benzene rings is 2. The molecule has 0 spiro atoms. The van der Waals surface area contributed by atoms with Gasteiger partial charge in [-0.1, -0.05) is 12.1 Å². The van der Waals surface area contributed by atoms with Gasteiger partial charge in [-0.15, -0.1) is 0 Å². The van der Waals surface area contributed by atoms with Gasteiger partial charge in [0.05, 0.1) is 11.8 Å². The maximum Gasteiger partial charge on any atom is 0.171 e. The number of Topliss-reactive ketones (excluding diaryl/α,β-unsaturated/α-hetero) is 1. The number of halogens is 1. The summed E-state index contributed by atoms with van der Waals surface area (Å²) in [5.41, 5.74) is 2.22. The third kappa shape index (κ3) is 4.06. The molecule has 0 aliphatic heterocycles. The van der Waals surface area contributed by atoms with Crippen molar-refractivity contribution in [1.82, 2.24) is 4.98 Å². The van der Waals surface area contributed by atoms with Gasteiger partial charge in [0.1, 0.15) is 11.5 Å². The average Bonchev–Trinajstić information content (AvgIpc) is 2.61. The number of hydrogen-bond acceptors (Lipinski definition) is 4. The monoisotopic (exact) mass is 351 g/mol. The van der Waals surface area contributed by atoms with E-state index in [1.54, 1.807) is 37.4 Å². The predicted octanol–water partition coefficient (Wildman–Crippen LogP) is 4.76. The summed E-state index contributed by atoms with van der Waals surface area (Å²) < 4.78 is 19.3. The molecule has 0 radical (unpaired) electrons. The van der Waals surface area contributed by atoms with E-state index in [1.807, 2.05) is 19.1 Å². The quantitative estimate of drug-likeness (QED) is 0.673. The van der Waals surface area contributed by atoms with E-state index >= 15 is 0 Å². The normalized spacial score (nSPS) is 10.6. The SMILES string of the molecule is Cc1cc(F)c(O)c(C(=O)Cc2ccc(Oc3ccc(C)nc3)cc2)c1. The number of phenolic OH excluding ortho intramolecular Hbond substituents is 1. The molecule has 5 heteroatoms. The minimum absolute atomic E-state index is 0.00597. The third-order valence-corrected chi connectivity index (χ3v) is 3.92. The largest absolute Gasteiger partial charge is 0.504 e. The zero-order chi connectivity index (χ0) is 18.7. The van der Waals surface area contributed by atoms with Crippen LogP contribution in [0.4, 0.5) is 4.39 Å². The smallest absolute Gasteiger partial charge is 0.171 e. The Morgan fingerprint density at radius 3 is 2.42 bits per heavy atom. The molecule has 132 valence electrons. The molecule has 0 atom stereocenters. The number of pyridine rings is 1. The highest BCUT2D eigenvalue weighted by atomic mass is 19.1. The number of phenols is 1. The molecular weight excluding hydrogens is 333 g/mol. The van der Waals surface area contributed by atoms with Crippen molar-refractivity contribution in [3.8, 4) is 17.2 Å². The molecule has 0 amide bonds. The molecule has 1 aromatic heterocycles. The summed E-state index contributed by atoms with van der Waals surface area (Å²) in [5.74, 6) is -0.492. The van der Waals surface area contributed by atoms with E-state index in [2.05, 4.69) is 4.98 Å². The van der Waals surface area contributed by atoms with Crippen LogP contribution in [-0.4, -0.2) is 15.9 Å². The number of carbonyl (C=O) groups excluding carboxylic acids is 1. The molecule has 3 rings (SSSR count). The second-order valence-corrected chi connectivity index (χ2v) is 6.12. The van der Waals surface area contributed by atoms with Gasteiger partial charge in [0.2, 0.25) is 0 Å². The van der Waals surface area contributed by atoms with Gasteiger partial charge in [-0.05, 0) is 61.4 Å². The zero-order valence-corrected chi connectivity index (χ0v) is 14.5. The lowest BCUT2D eigenvalue weighted by atomic mass is 10.0. The summed E-state index contributed by atoms with van der Waals surface area (Å²) in [6.07, 6.45) is 1.70. The Balaban J connectivity index is 1.71. The lowest BCUT2D eigenvalue weighted by Gasteiger charge is -2.08. The Bertz CT molecular complexity index is 935. The van der Waals surface area contributed by atoms with Gasteiger partial charge in [-0.2, -0.15) is 0 Å². The van der Waals surface area contributed by atoms with Gasteiger partial charge < -0.3 is 9.84 Å². The summed E-state index contributed by atoms with van der Waals surface area (Å²) >= 11 is 0. The van der Waals surface area contributed by atoms with Crippen molar-refractivity contribution in [2.45, 2.75) is 20.3 Å².